The molecular weight excluding hydrogens is 255 g/mol. The summed E-state index contributed by atoms with van der Waals surface area (Å²) >= 11 is 5.12. The monoisotopic (exact) mass is 272 g/mol. The Kier molecular flexibility index (Phi) is 3.83. The summed E-state index contributed by atoms with van der Waals surface area (Å²) in [6.07, 6.45) is 2.41. The Balaban J connectivity index is 2.17. The third kappa shape index (κ3) is 3.75. The maximum absolute atomic E-state index is 5.81. The van der Waals surface area contributed by atoms with Crippen LogP contribution >= 0.6 is 6.64 Å². The minimum Gasteiger partial charge on any atom is -0.433 e. The highest BCUT2D eigenvalue weighted by Crippen LogP contribution is 2.44. The number of pyridine rings is 1. The normalized spacial score (nSPS) is 18.8. The molecule has 1 aliphatic rings. The summed E-state index contributed by atoms with van der Waals surface area (Å²) in [5.41, 5.74) is 7.81. The lowest BCUT2D eigenvalue weighted by Crippen LogP contribution is -2.06. The topological polar surface area (TPSA) is 57.4 Å². The lowest BCUT2D eigenvalue weighted by Gasteiger charge is -2.17. The molecule has 0 aromatic carbocycles. The van der Waals surface area contributed by atoms with Gasteiger partial charge in [-0.05, 0) is 38.5 Å². The first-order chi connectivity index (χ1) is 8.00. The molecule has 1 heterocycles. The van der Waals surface area contributed by atoms with E-state index in [1.807, 2.05) is 26.0 Å². The van der Waals surface area contributed by atoms with Gasteiger partial charge in [-0.25, -0.2) is 5.50 Å². The summed E-state index contributed by atoms with van der Waals surface area (Å²) < 4.78 is 10.8. The van der Waals surface area contributed by atoms with Crippen molar-refractivity contribution in [1.82, 2.24) is 4.98 Å². The van der Waals surface area contributed by atoms with Gasteiger partial charge in [0.1, 0.15) is 5.75 Å². The molecule has 0 amide bonds. The molecular formula is C11H17N2O2PS. The Morgan fingerprint density at radius 3 is 2.82 bits per heavy atom. The van der Waals surface area contributed by atoms with Gasteiger partial charge in [-0.2, -0.15) is 0 Å². The van der Waals surface area contributed by atoms with E-state index in [0.717, 1.165) is 11.4 Å². The van der Waals surface area contributed by atoms with Crippen molar-refractivity contribution in [2.24, 2.45) is 5.50 Å². The number of aromatic nitrogens is 1. The van der Waals surface area contributed by atoms with Crippen molar-refractivity contribution in [1.29, 1.82) is 0 Å². The molecule has 1 fully saturated rings. The van der Waals surface area contributed by atoms with Gasteiger partial charge < -0.3 is 9.05 Å². The van der Waals surface area contributed by atoms with E-state index in [-0.39, 0.29) is 0 Å². The number of aryl methyl sites for hydroxylation is 1. The predicted molar refractivity (Wildman–Crippen MR) is 71.7 cm³/mol. The van der Waals surface area contributed by atoms with Crippen LogP contribution in [0, 0.1) is 6.92 Å². The third-order valence-electron chi connectivity index (χ3n) is 2.48. The molecule has 1 saturated carbocycles. The molecule has 1 unspecified atom stereocenters. The molecule has 6 heteroatoms. The first-order valence-corrected chi connectivity index (χ1v) is 8.42. The standard InChI is InChI=1S/C11H17N2O2PS/c1-3-14-16(12,17)15-10-6-8(2)13-11(7-10)9-4-5-9/h6-7,9H,3-5H2,1-2H3,(H2,12,17). The van der Waals surface area contributed by atoms with E-state index in [9.17, 15) is 0 Å². The molecule has 0 bridgehead atoms. The summed E-state index contributed by atoms with van der Waals surface area (Å²) in [5.74, 6) is 1.26. The second-order valence-corrected chi connectivity index (χ2v) is 7.24. The Hall–Kier alpha value is -0.480. The average molecular weight is 272 g/mol. The molecule has 0 saturated heterocycles. The molecule has 94 valence electrons. The fourth-order valence-corrected chi connectivity index (χ4v) is 3.04. The van der Waals surface area contributed by atoms with Crippen LogP contribution in [0.25, 0.3) is 0 Å². The fraction of sp³-hybridized carbons (Fsp3) is 0.545. The van der Waals surface area contributed by atoms with Gasteiger partial charge in [-0.3, -0.25) is 4.98 Å². The average Bonchev–Trinajstić information content (AvgIpc) is 2.97. The zero-order valence-corrected chi connectivity index (χ0v) is 11.8. The smallest absolute Gasteiger partial charge is 0.310 e. The Labute approximate surface area is 107 Å². The molecule has 1 atom stereocenters. The van der Waals surface area contributed by atoms with Gasteiger partial charge in [0.2, 0.25) is 0 Å². The van der Waals surface area contributed by atoms with Crippen molar-refractivity contribution < 1.29 is 9.05 Å². The second kappa shape index (κ2) is 5.02. The van der Waals surface area contributed by atoms with E-state index in [4.69, 9.17) is 26.4 Å². The van der Waals surface area contributed by atoms with E-state index in [1.165, 1.54) is 12.8 Å². The van der Waals surface area contributed by atoms with Crippen molar-refractivity contribution in [3.05, 3.63) is 23.5 Å². The van der Waals surface area contributed by atoms with Crippen LogP contribution in [0.3, 0.4) is 0 Å². The Morgan fingerprint density at radius 1 is 1.53 bits per heavy atom. The summed E-state index contributed by atoms with van der Waals surface area (Å²) in [5, 5.41) is 0. The molecule has 0 radical (unpaired) electrons. The molecule has 2 rings (SSSR count). The Bertz CT molecular complexity index is 463. The highest BCUT2D eigenvalue weighted by Gasteiger charge is 2.26. The van der Waals surface area contributed by atoms with Crippen LogP contribution in [0.5, 0.6) is 5.75 Å². The van der Waals surface area contributed by atoms with Crippen molar-refractivity contribution in [3.63, 3.8) is 0 Å². The SMILES string of the molecule is CCOP(N)(=S)Oc1cc(C)nc(C2CC2)c1. The van der Waals surface area contributed by atoms with Crippen LogP contribution in [0.15, 0.2) is 12.1 Å². The minimum absolute atomic E-state index is 0.466. The summed E-state index contributed by atoms with van der Waals surface area (Å²) in [6.45, 7) is 1.60. The van der Waals surface area contributed by atoms with Gasteiger partial charge in [-0.1, -0.05) is 0 Å². The first-order valence-electron chi connectivity index (χ1n) is 5.71. The summed E-state index contributed by atoms with van der Waals surface area (Å²) in [7, 11) is 0. The number of rotatable bonds is 5. The van der Waals surface area contributed by atoms with Gasteiger partial charge in [0.15, 0.2) is 0 Å². The highest BCUT2D eigenvalue weighted by atomic mass is 32.5. The van der Waals surface area contributed by atoms with Gasteiger partial charge in [-0.15, -0.1) is 0 Å². The van der Waals surface area contributed by atoms with Gasteiger partial charge in [0.25, 0.3) is 0 Å². The molecule has 1 aliphatic carbocycles. The molecule has 17 heavy (non-hydrogen) atoms. The van der Waals surface area contributed by atoms with Crippen LogP contribution in [-0.2, 0) is 16.3 Å². The first kappa shape index (κ1) is 13.0. The van der Waals surface area contributed by atoms with Crippen LogP contribution in [0.1, 0.15) is 37.1 Å². The van der Waals surface area contributed by atoms with Crippen LogP contribution in [-0.4, -0.2) is 11.6 Å². The molecule has 0 aliphatic heterocycles. The van der Waals surface area contributed by atoms with Crippen molar-refractivity contribution in [2.75, 3.05) is 6.61 Å². The highest BCUT2D eigenvalue weighted by molar-refractivity contribution is 8.09. The van der Waals surface area contributed by atoms with E-state index in [0.29, 0.717) is 18.3 Å². The molecule has 0 spiro atoms. The van der Waals surface area contributed by atoms with Crippen LogP contribution in [0.4, 0.5) is 0 Å². The third-order valence-corrected chi connectivity index (χ3v) is 4.11. The van der Waals surface area contributed by atoms with Crippen LogP contribution in [0.2, 0.25) is 0 Å². The van der Waals surface area contributed by atoms with Crippen LogP contribution < -0.4 is 10.0 Å². The van der Waals surface area contributed by atoms with Crippen molar-refractivity contribution in [3.8, 4) is 5.75 Å². The van der Waals surface area contributed by atoms with E-state index in [1.54, 1.807) is 0 Å². The lowest BCUT2D eigenvalue weighted by atomic mass is 10.2. The predicted octanol–water partition coefficient (Wildman–Crippen LogP) is 2.87. The molecule has 4 nitrogen and oxygen atoms in total. The maximum Gasteiger partial charge on any atom is 0.310 e. The van der Waals surface area contributed by atoms with Gasteiger partial charge in [0, 0.05) is 29.4 Å². The summed E-state index contributed by atoms with van der Waals surface area (Å²) in [6, 6.07) is 3.77. The summed E-state index contributed by atoms with van der Waals surface area (Å²) in [4.78, 5) is 4.49. The maximum atomic E-state index is 5.81. The zero-order chi connectivity index (χ0) is 12.5. The largest absolute Gasteiger partial charge is 0.433 e. The fourth-order valence-electron chi connectivity index (χ4n) is 1.66. The minimum atomic E-state index is -2.66. The van der Waals surface area contributed by atoms with E-state index in [2.05, 4.69) is 4.98 Å². The number of hydrogen-bond acceptors (Lipinski definition) is 4. The molecule has 1 aromatic heterocycles. The van der Waals surface area contributed by atoms with E-state index >= 15 is 0 Å². The second-order valence-electron chi connectivity index (χ2n) is 4.19. The Morgan fingerprint density at radius 2 is 2.24 bits per heavy atom. The zero-order valence-electron chi connectivity index (χ0n) is 10.0. The van der Waals surface area contributed by atoms with E-state index < -0.39 is 6.64 Å². The van der Waals surface area contributed by atoms with Crippen molar-refractivity contribution in [2.45, 2.75) is 32.6 Å². The number of hydrogen-bond donors (Lipinski definition) is 1. The number of nitrogens with two attached hydrogens (primary N) is 1. The van der Waals surface area contributed by atoms with Crippen molar-refractivity contribution >= 4 is 18.4 Å². The number of nitrogens with zero attached hydrogens (tertiary/aromatic N) is 1. The molecule has 1 aromatic rings. The quantitative estimate of drug-likeness (QED) is 0.835. The van der Waals surface area contributed by atoms with Gasteiger partial charge >= 0.3 is 6.64 Å². The van der Waals surface area contributed by atoms with Gasteiger partial charge in [0.05, 0.1) is 6.61 Å². The lowest BCUT2D eigenvalue weighted by molar-refractivity contribution is 0.331. The molecule has 2 N–H and O–H groups in total.